The number of carbonyl (C=O) groups is 2. The molecule has 0 aliphatic heterocycles. The van der Waals surface area contributed by atoms with E-state index in [-0.39, 0.29) is 29.0 Å². The van der Waals surface area contributed by atoms with Crippen molar-refractivity contribution in [3.8, 4) is 0 Å². The second-order valence-corrected chi connectivity index (χ2v) is 11.2. The van der Waals surface area contributed by atoms with Gasteiger partial charge in [0.25, 0.3) is 11.5 Å². The molecule has 1 N–H and O–H groups in total. The van der Waals surface area contributed by atoms with Crippen LogP contribution in [-0.4, -0.2) is 33.0 Å². The van der Waals surface area contributed by atoms with Gasteiger partial charge >= 0.3 is 0 Å². The third-order valence-corrected chi connectivity index (χ3v) is 7.81. The maximum Gasteiger partial charge on any atom is 0.262 e. The number of amides is 1. The molecule has 1 aromatic heterocycles. The lowest BCUT2D eigenvalue weighted by Crippen LogP contribution is -2.32. The summed E-state index contributed by atoms with van der Waals surface area (Å²) in [5.41, 5.74) is 3.53. The molecule has 0 spiro atoms. The summed E-state index contributed by atoms with van der Waals surface area (Å²) in [7, 11) is 0. The number of aryl methyl sites for hydroxylation is 2. The first-order valence-electron chi connectivity index (χ1n) is 12.8. The molecule has 4 rings (SSSR count). The fraction of sp³-hybridized carbons (Fsp3) is 0.448. The normalized spacial score (nSPS) is 14.0. The molecule has 36 heavy (non-hydrogen) atoms. The number of hydrogen-bond donors (Lipinski definition) is 1. The first-order valence-corrected chi connectivity index (χ1v) is 13.8. The summed E-state index contributed by atoms with van der Waals surface area (Å²) in [6.07, 6.45) is 5.12. The number of nitrogens with zero attached hydrogens (tertiary/aromatic N) is 2. The molecule has 1 heterocycles. The molecule has 1 amide bonds. The van der Waals surface area contributed by atoms with Crippen LogP contribution in [0.2, 0.25) is 0 Å². The molecule has 0 radical (unpaired) electrons. The van der Waals surface area contributed by atoms with E-state index in [0.29, 0.717) is 39.6 Å². The van der Waals surface area contributed by atoms with Crippen LogP contribution in [0.15, 0.2) is 46.3 Å². The van der Waals surface area contributed by atoms with Gasteiger partial charge in [0, 0.05) is 23.7 Å². The van der Waals surface area contributed by atoms with Gasteiger partial charge in [0.1, 0.15) is 0 Å². The molecule has 0 unspecified atom stereocenters. The minimum atomic E-state index is -0.134. The molecule has 1 aliphatic carbocycles. The molecule has 6 nitrogen and oxygen atoms in total. The summed E-state index contributed by atoms with van der Waals surface area (Å²) in [4.78, 5) is 44.1. The van der Waals surface area contributed by atoms with Gasteiger partial charge in [0.05, 0.1) is 16.7 Å². The van der Waals surface area contributed by atoms with E-state index in [1.807, 2.05) is 32.0 Å². The van der Waals surface area contributed by atoms with Crippen molar-refractivity contribution in [2.45, 2.75) is 77.5 Å². The maximum atomic E-state index is 13.5. The minimum absolute atomic E-state index is 0.00986. The van der Waals surface area contributed by atoms with E-state index in [1.54, 1.807) is 22.8 Å². The third kappa shape index (κ3) is 6.06. The number of hydrogen-bond acceptors (Lipinski definition) is 5. The number of Topliss-reactive ketones (excluding diaryl/α,β-unsaturated/α-hetero) is 1. The molecule has 0 bridgehead atoms. The zero-order chi connectivity index (χ0) is 25.8. The van der Waals surface area contributed by atoms with Crippen LogP contribution in [0.5, 0.6) is 0 Å². The first-order chi connectivity index (χ1) is 17.2. The summed E-state index contributed by atoms with van der Waals surface area (Å²) < 4.78 is 1.68. The highest BCUT2D eigenvalue weighted by Crippen LogP contribution is 2.23. The average Bonchev–Trinajstić information content (AvgIpc) is 3.36. The van der Waals surface area contributed by atoms with Crippen LogP contribution in [0, 0.1) is 19.8 Å². The molecule has 0 saturated heterocycles. The monoisotopic (exact) mass is 505 g/mol. The predicted molar refractivity (Wildman–Crippen MR) is 146 cm³/mol. The van der Waals surface area contributed by atoms with E-state index >= 15 is 0 Å². The fourth-order valence-corrected chi connectivity index (χ4v) is 5.53. The number of carbonyl (C=O) groups excluding carboxylic acids is 2. The Morgan fingerprint density at radius 1 is 1.11 bits per heavy atom. The van der Waals surface area contributed by atoms with Gasteiger partial charge in [-0.15, -0.1) is 0 Å². The third-order valence-electron chi connectivity index (χ3n) is 6.83. The highest BCUT2D eigenvalue weighted by Gasteiger charge is 2.20. The van der Waals surface area contributed by atoms with Crippen molar-refractivity contribution in [3.05, 3.63) is 69.0 Å². The highest BCUT2D eigenvalue weighted by molar-refractivity contribution is 7.99. The second kappa shape index (κ2) is 11.4. The lowest BCUT2D eigenvalue weighted by atomic mass is 10.0. The Hall–Kier alpha value is -2.93. The zero-order valence-corrected chi connectivity index (χ0v) is 22.4. The molecule has 1 saturated carbocycles. The van der Waals surface area contributed by atoms with Gasteiger partial charge in [-0.05, 0) is 68.9 Å². The maximum absolute atomic E-state index is 13.5. The number of thioether (sulfide) groups is 1. The molecule has 7 heteroatoms. The van der Waals surface area contributed by atoms with Crippen molar-refractivity contribution in [3.63, 3.8) is 0 Å². The van der Waals surface area contributed by atoms with Gasteiger partial charge < -0.3 is 5.32 Å². The van der Waals surface area contributed by atoms with Crippen molar-refractivity contribution in [1.29, 1.82) is 0 Å². The van der Waals surface area contributed by atoms with Gasteiger partial charge in [0.15, 0.2) is 10.9 Å². The topological polar surface area (TPSA) is 81.1 Å². The Morgan fingerprint density at radius 2 is 1.86 bits per heavy atom. The minimum Gasteiger partial charge on any atom is -0.349 e. The van der Waals surface area contributed by atoms with E-state index in [4.69, 9.17) is 4.98 Å². The van der Waals surface area contributed by atoms with Gasteiger partial charge in [-0.1, -0.05) is 56.1 Å². The van der Waals surface area contributed by atoms with Crippen molar-refractivity contribution in [2.24, 2.45) is 5.92 Å². The lowest BCUT2D eigenvalue weighted by Gasteiger charge is -2.15. The van der Waals surface area contributed by atoms with Gasteiger partial charge in [-0.3, -0.25) is 19.0 Å². The summed E-state index contributed by atoms with van der Waals surface area (Å²) in [5, 5.41) is 4.10. The van der Waals surface area contributed by atoms with Crippen molar-refractivity contribution in [2.75, 3.05) is 5.75 Å². The van der Waals surface area contributed by atoms with E-state index in [0.717, 1.165) is 43.2 Å². The van der Waals surface area contributed by atoms with Crippen LogP contribution < -0.4 is 10.9 Å². The van der Waals surface area contributed by atoms with Crippen LogP contribution >= 0.6 is 11.8 Å². The highest BCUT2D eigenvalue weighted by atomic mass is 32.2. The summed E-state index contributed by atoms with van der Waals surface area (Å²) in [6.45, 7) is 8.67. The largest absolute Gasteiger partial charge is 0.349 e. The van der Waals surface area contributed by atoms with Crippen LogP contribution in [0.25, 0.3) is 10.9 Å². The number of rotatable bonds is 9. The Bertz CT molecular complexity index is 1340. The summed E-state index contributed by atoms with van der Waals surface area (Å²) in [6, 6.07) is 11.2. The number of benzene rings is 2. The molecule has 0 atom stereocenters. The van der Waals surface area contributed by atoms with E-state index in [2.05, 4.69) is 19.2 Å². The molecular weight excluding hydrogens is 470 g/mol. The summed E-state index contributed by atoms with van der Waals surface area (Å²) in [5.74, 6) is 0.486. The van der Waals surface area contributed by atoms with Gasteiger partial charge in [-0.25, -0.2) is 4.98 Å². The van der Waals surface area contributed by atoms with E-state index in [9.17, 15) is 14.4 Å². The van der Waals surface area contributed by atoms with Crippen LogP contribution in [0.4, 0.5) is 0 Å². The molecular formula is C29H35N3O3S. The Morgan fingerprint density at radius 3 is 2.58 bits per heavy atom. The van der Waals surface area contributed by atoms with Crippen molar-refractivity contribution >= 4 is 34.4 Å². The van der Waals surface area contributed by atoms with Crippen molar-refractivity contribution < 1.29 is 9.59 Å². The number of ketones is 1. The molecule has 190 valence electrons. The van der Waals surface area contributed by atoms with Crippen LogP contribution in [0.3, 0.4) is 0 Å². The standard InChI is InChI=1S/C29H35N3O3S/c1-18(2)13-14-32-28(35)23-12-11-21(27(34)30-22-7-5-6-8-22)16-25(23)31-29(32)36-17-26(33)24-15-19(3)9-10-20(24)4/h9-12,15-16,18,22H,5-8,13-14,17H2,1-4H3,(H,30,34). The van der Waals surface area contributed by atoms with Crippen LogP contribution in [0.1, 0.15) is 77.8 Å². The number of aromatic nitrogens is 2. The molecule has 1 aliphatic rings. The predicted octanol–water partition coefficient (Wildman–Crippen LogP) is 5.71. The quantitative estimate of drug-likeness (QED) is 0.229. The smallest absolute Gasteiger partial charge is 0.262 e. The lowest BCUT2D eigenvalue weighted by molar-refractivity contribution is 0.0937. The van der Waals surface area contributed by atoms with Gasteiger partial charge in [-0.2, -0.15) is 0 Å². The van der Waals surface area contributed by atoms with E-state index in [1.165, 1.54) is 11.8 Å². The Labute approximate surface area is 216 Å². The molecule has 3 aromatic rings. The SMILES string of the molecule is Cc1ccc(C)c(C(=O)CSc2nc3cc(C(=O)NC4CCCC4)ccc3c(=O)n2CCC(C)C)c1. The van der Waals surface area contributed by atoms with E-state index < -0.39 is 0 Å². The van der Waals surface area contributed by atoms with Gasteiger partial charge in [0.2, 0.25) is 0 Å². The number of fused-ring (bicyclic) bond motifs is 1. The second-order valence-electron chi connectivity index (χ2n) is 10.3. The van der Waals surface area contributed by atoms with Crippen molar-refractivity contribution in [1.82, 2.24) is 14.9 Å². The molecule has 1 fully saturated rings. The van der Waals surface area contributed by atoms with Crippen LogP contribution in [-0.2, 0) is 6.54 Å². The average molecular weight is 506 g/mol. The first kappa shape index (κ1) is 26.1. The summed E-state index contributed by atoms with van der Waals surface area (Å²) >= 11 is 1.29. The number of nitrogens with one attached hydrogen (secondary N) is 1. The zero-order valence-electron chi connectivity index (χ0n) is 21.6. The Balaban J connectivity index is 1.65. The molecule has 2 aromatic carbocycles. The fourth-order valence-electron chi connectivity index (χ4n) is 4.62. The Kier molecular flexibility index (Phi) is 8.29.